The van der Waals surface area contributed by atoms with Gasteiger partial charge in [0.2, 0.25) is 5.91 Å². The first-order valence-corrected chi connectivity index (χ1v) is 11.7. The highest BCUT2D eigenvalue weighted by atomic mass is 35.5. The van der Waals surface area contributed by atoms with Gasteiger partial charge in [-0.3, -0.25) is 10.1 Å². The van der Waals surface area contributed by atoms with Crippen molar-refractivity contribution in [3.63, 3.8) is 0 Å². The van der Waals surface area contributed by atoms with Crippen LogP contribution in [0.15, 0.2) is 11.6 Å². The number of allylic oxidation sites excluding steroid dienone is 2. The van der Waals surface area contributed by atoms with Crippen LogP contribution in [0.25, 0.3) is 0 Å². The van der Waals surface area contributed by atoms with Crippen LogP contribution in [0.2, 0.25) is 0 Å². The fourth-order valence-corrected chi connectivity index (χ4v) is 4.86. The summed E-state index contributed by atoms with van der Waals surface area (Å²) >= 11 is 6.28. The van der Waals surface area contributed by atoms with E-state index in [2.05, 4.69) is 63.2 Å². The van der Waals surface area contributed by atoms with Crippen LogP contribution in [0.3, 0.4) is 0 Å². The number of carbonyl (C=O) groups excluding carboxylic acids is 1. The van der Waals surface area contributed by atoms with Crippen molar-refractivity contribution in [3.05, 3.63) is 11.6 Å². The van der Waals surface area contributed by atoms with Gasteiger partial charge in [-0.25, -0.2) is 0 Å². The summed E-state index contributed by atoms with van der Waals surface area (Å²) < 4.78 is 0. The fourth-order valence-electron chi connectivity index (χ4n) is 4.66. The van der Waals surface area contributed by atoms with Crippen molar-refractivity contribution in [2.45, 2.75) is 98.5 Å². The molecule has 1 aliphatic carbocycles. The van der Waals surface area contributed by atoms with Crippen LogP contribution in [0.1, 0.15) is 81.1 Å². The third-order valence-electron chi connectivity index (χ3n) is 6.69. The van der Waals surface area contributed by atoms with Gasteiger partial charge in [0.1, 0.15) is 0 Å². The summed E-state index contributed by atoms with van der Waals surface area (Å²) in [6.07, 6.45) is 7.73. The summed E-state index contributed by atoms with van der Waals surface area (Å²) in [6.45, 7) is 15.6. The van der Waals surface area contributed by atoms with Crippen molar-refractivity contribution in [2.75, 3.05) is 19.8 Å². The molecule has 0 aromatic carbocycles. The molecule has 1 saturated heterocycles. The Balaban J connectivity index is 0. The Morgan fingerprint density at radius 2 is 1.87 bits per heavy atom. The van der Waals surface area contributed by atoms with E-state index < -0.39 is 0 Å². The molecule has 2 unspecified atom stereocenters. The minimum Gasteiger partial charge on any atom is -0.412 e. The summed E-state index contributed by atoms with van der Waals surface area (Å²) in [5.41, 5.74) is 1.68. The van der Waals surface area contributed by atoms with Crippen molar-refractivity contribution in [2.24, 2.45) is 17.3 Å². The minimum absolute atomic E-state index is 0. The highest BCUT2D eigenvalue weighted by molar-refractivity contribution is 6.20. The maximum atomic E-state index is 13.3. The quantitative estimate of drug-likeness (QED) is 0.326. The van der Waals surface area contributed by atoms with Gasteiger partial charge in [0, 0.05) is 31.2 Å². The van der Waals surface area contributed by atoms with Crippen LogP contribution in [-0.4, -0.2) is 59.0 Å². The van der Waals surface area contributed by atoms with Crippen LogP contribution in [0, 0.1) is 17.3 Å². The lowest BCUT2D eigenvalue weighted by Crippen LogP contribution is -2.56. The number of halogens is 1. The van der Waals surface area contributed by atoms with E-state index >= 15 is 0 Å². The Morgan fingerprint density at radius 1 is 1.23 bits per heavy atom. The Bertz CT molecular complexity index is 554. The summed E-state index contributed by atoms with van der Waals surface area (Å²) in [5, 5.41) is 7.21. The van der Waals surface area contributed by atoms with E-state index in [1.165, 1.54) is 0 Å². The van der Waals surface area contributed by atoms with Gasteiger partial charge in [-0.1, -0.05) is 53.7 Å². The van der Waals surface area contributed by atoms with Crippen molar-refractivity contribution < 1.29 is 15.7 Å². The molecule has 1 heterocycles. The summed E-state index contributed by atoms with van der Waals surface area (Å²) in [6, 6.07) is 0.330. The molecule has 2 aliphatic rings. The predicted octanol–water partition coefficient (Wildman–Crippen LogP) is 3.53. The molecule has 4 atom stereocenters. The van der Waals surface area contributed by atoms with Gasteiger partial charge < -0.3 is 21.2 Å². The van der Waals surface area contributed by atoms with E-state index in [0.717, 1.165) is 45.2 Å². The zero-order valence-electron chi connectivity index (χ0n) is 19.9. The van der Waals surface area contributed by atoms with Crippen molar-refractivity contribution in [1.29, 1.82) is 0 Å². The smallest absolute Gasteiger partial charge is 0.240 e. The second-order valence-electron chi connectivity index (χ2n) is 9.86. The molecule has 0 aromatic heterocycles. The Kier molecular flexibility index (Phi) is 15.2. The van der Waals surface area contributed by atoms with Crippen molar-refractivity contribution in [1.82, 2.24) is 15.5 Å². The predicted molar refractivity (Wildman–Crippen MR) is 134 cm³/mol. The molecule has 0 saturated carbocycles. The van der Waals surface area contributed by atoms with E-state index in [1.54, 1.807) is 5.57 Å². The van der Waals surface area contributed by atoms with Crippen LogP contribution >= 0.6 is 11.6 Å². The molecular formula is C24H50ClN3O3. The lowest BCUT2D eigenvalue weighted by molar-refractivity contribution is -0.138. The molecule has 2 rings (SSSR count). The Morgan fingerprint density at radius 3 is 2.35 bits per heavy atom. The summed E-state index contributed by atoms with van der Waals surface area (Å²) in [4.78, 5) is 15.4. The average Bonchev–Trinajstić information content (AvgIpc) is 2.64. The molecular weight excluding hydrogens is 414 g/mol. The first kappa shape index (κ1) is 32.5. The van der Waals surface area contributed by atoms with Gasteiger partial charge in [-0.15, -0.1) is 11.6 Å². The van der Waals surface area contributed by atoms with Crippen molar-refractivity contribution in [3.8, 4) is 0 Å². The molecule has 6 nitrogen and oxygen atoms in total. The summed E-state index contributed by atoms with van der Waals surface area (Å²) in [5.74, 6) is 1.10. The Hall–Kier alpha value is -0.660. The first-order chi connectivity index (χ1) is 13.2. The average molecular weight is 464 g/mol. The molecule has 0 spiro atoms. The van der Waals surface area contributed by atoms with E-state index in [1.807, 2.05) is 0 Å². The highest BCUT2D eigenvalue weighted by Gasteiger charge is 2.41. The van der Waals surface area contributed by atoms with Gasteiger partial charge in [0.25, 0.3) is 0 Å². The Labute approximate surface area is 196 Å². The van der Waals surface area contributed by atoms with Crippen LogP contribution in [-0.2, 0) is 4.79 Å². The molecule has 0 aromatic rings. The zero-order chi connectivity index (χ0) is 20.9. The largest absolute Gasteiger partial charge is 0.412 e. The van der Waals surface area contributed by atoms with Crippen molar-refractivity contribution >= 4 is 17.5 Å². The molecule has 1 fully saturated rings. The van der Waals surface area contributed by atoms with Crippen LogP contribution in [0.4, 0.5) is 0 Å². The topological polar surface area (TPSA) is 107 Å². The number of likely N-dealkylation sites (tertiary alicyclic amines) is 1. The van der Waals surface area contributed by atoms with Crippen LogP contribution < -0.4 is 10.6 Å². The maximum Gasteiger partial charge on any atom is 0.240 e. The minimum atomic E-state index is -0.130. The zero-order valence-corrected chi connectivity index (χ0v) is 20.6. The number of amides is 1. The molecule has 0 bridgehead atoms. The number of alkyl halides is 1. The number of piperidine rings is 1. The van der Waals surface area contributed by atoms with Gasteiger partial charge >= 0.3 is 0 Å². The van der Waals surface area contributed by atoms with E-state index in [0.29, 0.717) is 24.0 Å². The summed E-state index contributed by atoms with van der Waals surface area (Å²) in [7, 11) is 0. The molecule has 0 radical (unpaired) electrons. The fraction of sp³-hybridized carbons (Fsp3) is 0.875. The first-order valence-electron chi connectivity index (χ1n) is 11.2. The van der Waals surface area contributed by atoms with E-state index in [4.69, 9.17) is 11.6 Å². The normalized spacial score (nSPS) is 24.8. The third-order valence-corrected chi connectivity index (χ3v) is 7.08. The number of carbonyl (C=O) groups is 1. The molecule has 1 aliphatic heterocycles. The second-order valence-corrected chi connectivity index (χ2v) is 10.5. The third kappa shape index (κ3) is 9.01. The number of nitrogens with one attached hydrogen (secondary N) is 2. The van der Waals surface area contributed by atoms with E-state index in [9.17, 15) is 4.79 Å². The lowest BCUT2D eigenvalue weighted by atomic mass is 9.68. The number of rotatable bonds is 8. The van der Waals surface area contributed by atoms with Gasteiger partial charge in [0.05, 0.1) is 6.04 Å². The molecule has 7 heteroatoms. The SMILES string of the molecule is C.CC[C@@H](C)NCN[C@@H](C(=O)N1CCC(C2=CCC(Cl)CC2)C(C)(C)C1)C(C)C.O.O. The molecule has 6 N–H and O–H groups in total. The molecule has 186 valence electrons. The number of nitrogens with zero attached hydrogens (tertiary/aromatic N) is 1. The van der Waals surface area contributed by atoms with Gasteiger partial charge in [0.15, 0.2) is 0 Å². The van der Waals surface area contributed by atoms with Crippen LogP contribution in [0.5, 0.6) is 0 Å². The lowest BCUT2D eigenvalue weighted by Gasteiger charge is -2.47. The second kappa shape index (κ2) is 14.5. The maximum absolute atomic E-state index is 13.3. The number of hydrogen-bond acceptors (Lipinski definition) is 3. The number of hydrogen-bond donors (Lipinski definition) is 2. The highest BCUT2D eigenvalue weighted by Crippen LogP contribution is 2.43. The molecule has 31 heavy (non-hydrogen) atoms. The van der Waals surface area contributed by atoms with Gasteiger partial charge in [-0.2, -0.15) is 0 Å². The standard InChI is InChI=1S/C23H42ClN3O.CH4.2H2O/c1-7-17(4)25-15-26-21(16(2)3)22(28)27-13-12-20(23(5,6)14-27)18-8-10-19(24)11-9-18;;;/h8,16-17,19-21,25-26H,7,9-15H2,1-6H3;1H4;2*1H2/t17-,19?,20?,21-;;;/m1.../s1. The molecule has 1 amide bonds. The monoisotopic (exact) mass is 463 g/mol. The van der Waals surface area contributed by atoms with E-state index in [-0.39, 0.29) is 41.7 Å². The van der Waals surface area contributed by atoms with Gasteiger partial charge in [-0.05, 0) is 56.3 Å².